The fourth-order valence-corrected chi connectivity index (χ4v) is 3.66. The number of hydrogen-bond acceptors (Lipinski definition) is 2. The van der Waals surface area contributed by atoms with Crippen LogP contribution in [-0.4, -0.2) is 16.7 Å². The molecule has 2 aromatic rings. The lowest BCUT2D eigenvalue weighted by molar-refractivity contribution is 0.122. The summed E-state index contributed by atoms with van der Waals surface area (Å²) in [7, 11) is 0. The number of rotatable bonds is 8. The Hall–Kier alpha value is -1.67. The molecular weight excluding hydrogens is 294 g/mol. The Morgan fingerprint density at radius 3 is 2.25 bits per heavy atom. The molecule has 0 spiro atoms. The molecule has 1 atom stereocenters. The zero-order valence-corrected chi connectivity index (χ0v) is 15.5. The fourth-order valence-electron chi connectivity index (χ4n) is 3.66. The van der Waals surface area contributed by atoms with Crippen molar-refractivity contribution in [2.24, 2.45) is 11.3 Å². The zero-order valence-electron chi connectivity index (χ0n) is 15.5. The van der Waals surface area contributed by atoms with Gasteiger partial charge in [0.05, 0.1) is 0 Å². The van der Waals surface area contributed by atoms with Crippen LogP contribution >= 0.6 is 0 Å². The topological polar surface area (TPSA) is 33.1 Å². The molecule has 2 rings (SSSR count). The SMILES string of the molecule is CC(C)c1ccccc1CC(CCO)(Cc1ccccn1)C(C)C. The Morgan fingerprint density at radius 1 is 0.958 bits per heavy atom. The summed E-state index contributed by atoms with van der Waals surface area (Å²) in [4.78, 5) is 4.55. The molecule has 1 unspecified atom stereocenters. The van der Waals surface area contributed by atoms with Crippen molar-refractivity contribution in [2.75, 3.05) is 6.61 Å². The second-order valence-corrected chi connectivity index (χ2v) is 7.52. The summed E-state index contributed by atoms with van der Waals surface area (Å²) in [5.74, 6) is 0.974. The highest BCUT2D eigenvalue weighted by Crippen LogP contribution is 2.40. The third kappa shape index (κ3) is 4.45. The van der Waals surface area contributed by atoms with Crippen molar-refractivity contribution >= 4 is 0 Å². The number of pyridine rings is 1. The molecule has 1 aromatic heterocycles. The number of aromatic nitrogens is 1. The molecule has 2 nitrogen and oxygen atoms in total. The van der Waals surface area contributed by atoms with Crippen molar-refractivity contribution in [1.29, 1.82) is 0 Å². The summed E-state index contributed by atoms with van der Waals surface area (Å²) in [5, 5.41) is 9.76. The van der Waals surface area contributed by atoms with Crippen LogP contribution < -0.4 is 0 Å². The van der Waals surface area contributed by atoms with Gasteiger partial charge in [0.25, 0.3) is 0 Å². The van der Waals surface area contributed by atoms with E-state index < -0.39 is 0 Å². The van der Waals surface area contributed by atoms with E-state index >= 15 is 0 Å². The lowest BCUT2D eigenvalue weighted by Crippen LogP contribution is -2.34. The van der Waals surface area contributed by atoms with Gasteiger partial charge in [0.2, 0.25) is 0 Å². The molecule has 2 heteroatoms. The highest BCUT2D eigenvalue weighted by atomic mass is 16.3. The van der Waals surface area contributed by atoms with Crippen LogP contribution in [0.25, 0.3) is 0 Å². The highest BCUT2D eigenvalue weighted by molar-refractivity contribution is 5.31. The van der Waals surface area contributed by atoms with Crippen LogP contribution in [0.2, 0.25) is 0 Å². The Labute approximate surface area is 147 Å². The van der Waals surface area contributed by atoms with Gasteiger partial charge in [-0.05, 0) is 59.8 Å². The van der Waals surface area contributed by atoms with Crippen molar-refractivity contribution in [1.82, 2.24) is 4.98 Å². The molecule has 0 aliphatic carbocycles. The smallest absolute Gasteiger partial charge is 0.0436 e. The van der Waals surface area contributed by atoms with Crippen LogP contribution in [0.5, 0.6) is 0 Å². The first-order valence-electron chi connectivity index (χ1n) is 9.07. The van der Waals surface area contributed by atoms with Gasteiger partial charge in [0.15, 0.2) is 0 Å². The largest absolute Gasteiger partial charge is 0.396 e. The normalized spacial score (nSPS) is 14.1. The minimum absolute atomic E-state index is 0.0219. The van der Waals surface area contributed by atoms with E-state index in [0.29, 0.717) is 11.8 Å². The van der Waals surface area contributed by atoms with Crippen molar-refractivity contribution in [3.63, 3.8) is 0 Å². The maximum absolute atomic E-state index is 9.76. The molecule has 24 heavy (non-hydrogen) atoms. The van der Waals surface area contributed by atoms with E-state index in [4.69, 9.17) is 0 Å². The van der Waals surface area contributed by atoms with Gasteiger partial charge in [0, 0.05) is 18.5 Å². The molecule has 0 saturated carbocycles. The molecule has 1 heterocycles. The summed E-state index contributed by atoms with van der Waals surface area (Å²) >= 11 is 0. The molecular formula is C22H31NO. The average Bonchev–Trinajstić information content (AvgIpc) is 2.56. The standard InChI is InChI=1S/C22H31NO/c1-17(2)21-11-6-5-9-19(21)15-22(12-14-24,18(3)4)16-20-10-7-8-13-23-20/h5-11,13,17-18,24H,12,14-16H2,1-4H3. The van der Waals surface area contributed by atoms with Crippen molar-refractivity contribution in [2.45, 2.75) is 52.9 Å². The van der Waals surface area contributed by atoms with Crippen LogP contribution in [0, 0.1) is 11.3 Å². The van der Waals surface area contributed by atoms with E-state index in [9.17, 15) is 5.11 Å². The molecule has 130 valence electrons. The van der Waals surface area contributed by atoms with Crippen LogP contribution in [0.1, 0.15) is 56.9 Å². The van der Waals surface area contributed by atoms with Gasteiger partial charge in [-0.25, -0.2) is 0 Å². The minimum Gasteiger partial charge on any atom is -0.396 e. The molecule has 0 fully saturated rings. The predicted molar refractivity (Wildman–Crippen MR) is 101 cm³/mol. The summed E-state index contributed by atoms with van der Waals surface area (Å²) in [6.07, 6.45) is 4.55. The Kier molecular flexibility index (Phi) is 6.56. The lowest BCUT2D eigenvalue weighted by Gasteiger charge is -2.38. The number of benzene rings is 1. The molecule has 0 radical (unpaired) electrons. The maximum Gasteiger partial charge on any atom is 0.0436 e. The van der Waals surface area contributed by atoms with E-state index in [1.54, 1.807) is 0 Å². The predicted octanol–water partition coefficient (Wildman–Crippen LogP) is 5.02. The van der Waals surface area contributed by atoms with Gasteiger partial charge in [-0.3, -0.25) is 4.98 Å². The molecule has 0 bridgehead atoms. The molecule has 1 N–H and O–H groups in total. The van der Waals surface area contributed by atoms with Gasteiger partial charge in [-0.15, -0.1) is 0 Å². The lowest BCUT2D eigenvalue weighted by atomic mass is 9.67. The third-order valence-electron chi connectivity index (χ3n) is 5.31. The van der Waals surface area contributed by atoms with Crippen molar-refractivity contribution < 1.29 is 5.11 Å². The maximum atomic E-state index is 9.76. The second kappa shape index (κ2) is 8.43. The summed E-state index contributed by atoms with van der Waals surface area (Å²) in [5.41, 5.74) is 3.96. The second-order valence-electron chi connectivity index (χ2n) is 7.52. The van der Waals surface area contributed by atoms with Crippen molar-refractivity contribution in [3.05, 3.63) is 65.5 Å². The van der Waals surface area contributed by atoms with Gasteiger partial charge < -0.3 is 5.11 Å². The molecule has 0 aliphatic heterocycles. The third-order valence-corrected chi connectivity index (χ3v) is 5.31. The minimum atomic E-state index is 0.0219. The quantitative estimate of drug-likeness (QED) is 0.739. The number of aliphatic hydroxyl groups excluding tert-OH is 1. The van der Waals surface area contributed by atoms with E-state index in [1.165, 1.54) is 11.1 Å². The number of hydrogen-bond donors (Lipinski definition) is 1. The molecule has 0 saturated heterocycles. The van der Waals surface area contributed by atoms with Gasteiger partial charge in [0.1, 0.15) is 0 Å². The highest BCUT2D eigenvalue weighted by Gasteiger charge is 2.34. The first-order chi connectivity index (χ1) is 11.5. The summed E-state index contributed by atoms with van der Waals surface area (Å²) in [6.45, 7) is 9.27. The Bertz CT molecular complexity index is 621. The van der Waals surface area contributed by atoms with Gasteiger partial charge in [-0.1, -0.05) is 58.0 Å². The van der Waals surface area contributed by atoms with Crippen LogP contribution in [-0.2, 0) is 12.8 Å². The number of nitrogens with zero attached hydrogens (tertiary/aromatic N) is 1. The summed E-state index contributed by atoms with van der Waals surface area (Å²) < 4.78 is 0. The van der Waals surface area contributed by atoms with Crippen LogP contribution in [0.4, 0.5) is 0 Å². The first-order valence-corrected chi connectivity index (χ1v) is 9.07. The van der Waals surface area contributed by atoms with Crippen LogP contribution in [0.3, 0.4) is 0 Å². The fraction of sp³-hybridized carbons (Fsp3) is 0.500. The van der Waals surface area contributed by atoms with Crippen molar-refractivity contribution in [3.8, 4) is 0 Å². The summed E-state index contributed by atoms with van der Waals surface area (Å²) in [6, 6.07) is 14.9. The average molecular weight is 325 g/mol. The number of aliphatic hydroxyl groups is 1. The Balaban J connectivity index is 2.39. The molecule has 0 aliphatic rings. The van der Waals surface area contributed by atoms with Gasteiger partial charge in [-0.2, -0.15) is 0 Å². The van der Waals surface area contributed by atoms with E-state index in [1.807, 2.05) is 12.3 Å². The van der Waals surface area contributed by atoms with E-state index in [0.717, 1.165) is 25.0 Å². The molecule has 0 amide bonds. The van der Waals surface area contributed by atoms with Gasteiger partial charge >= 0.3 is 0 Å². The van der Waals surface area contributed by atoms with E-state index in [2.05, 4.69) is 69.1 Å². The van der Waals surface area contributed by atoms with Crippen LogP contribution in [0.15, 0.2) is 48.7 Å². The zero-order chi connectivity index (χ0) is 17.6. The molecule has 1 aromatic carbocycles. The first kappa shape index (κ1) is 18.7. The Morgan fingerprint density at radius 2 is 1.67 bits per heavy atom. The van der Waals surface area contributed by atoms with E-state index in [-0.39, 0.29) is 12.0 Å². The monoisotopic (exact) mass is 325 g/mol.